The molecule has 1 aromatic rings. The molecule has 2 aliphatic rings. The molecule has 8 heteroatoms. The predicted octanol–water partition coefficient (Wildman–Crippen LogP) is -1.03. The Labute approximate surface area is 109 Å². The minimum absolute atomic E-state index is 0.0623. The summed E-state index contributed by atoms with van der Waals surface area (Å²) in [5.41, 5.74) is 0.334. The molecule has 0 atom stereocenters. The Balaban J connectivity index is 1.56. The van der Waals surface area contributed by atoms with Crippen molar-refractivity contribution >= 4 is 11.9 Å². The van der Waals surface area contributed by atoms with Gasteiger partial charge in [0.25, 0.3) is 5.91 Å². The van der Waals surface area contributed by atoms with E-state index in [9.17, 15) is 9.59 Å². The van der Waals surface area contributed by atoms with Crippen LogP contribution in [0.2, 0.25) is 0 Å². The summed E-state index contributed by atoms with van der Waals surface area (Å²) in [5, 5.41) is 19.6. The van der Waals surface area contributed by atoms with Gasteiger partial charge in [0.05, 0.1) is 18.7 Å². The molecule has 0 bridgehead atoms. The molecule has 2 aliphatic heterocycles. The molecule has 0 radical (unpaired) electrons. The molecule has 0 aliphatic carbocycles. The third-order valence-corrected chi connectivity index (χ3v) is 3.57. The van der Waals surface area contributed by atoms with Gasteiger partial charge in [0, 0.05) is 32.1 Å². The number of carbonyl (C=O) groups is 2. The van der Waals surface area contributed by atoms with E-state index in [0.29, 0.717) is 18.8 Å². The van der Waals surface area contributed by atoms with Crippen LogP contribution in [0, 0.1) is 5.92 Å². The molecule has 102 valence electrons. The summed E-state index contributed by atoms with van der Waals surface area (Å²) in [4.78, 5) is 24.2. The zero-order valence-corrected chi connectivity index (χ0v) is 10.3. The number of aliphatic carboxylic acids is 1. The van der Waals surface area contributed by atoms with Gasteiger partial charge in [0.1, 0.15) is 0 Å². The molecule has 2 saturated heterocycles. The number of carboxylic acids is 1. The summed E-state index contributed by atoms with van der Waals surface area (Å²) in [6.07, 6.45) is 1.78. The largest absolute Gasteiger partial charge is 0.481 e. The standard InChI is InChI=1S/C11H15N5O3/c17-10(18)1-7-4-15(5-7)11(19)9-6-16(14-13-9)8-2-12-3-8/h6-8,12H,1-5H2,(H,17,18). The van der Waals surface area contributed by atoms with Gasteiger partial charge in [-0.15, -0.1) is 5.10 Å². The van der Waals surface area contributed by atoms with Crippen LogP contribution in [0.1, 0.15) is 23.0 Å². The van der Waals surface area contributed by atoms with Crippen molar-refractivity contribution in [2.24, 2.45) is 5.92 Å². The average Bonchev–Trinajstić information content (AvgIpc) is 2.68. The van der Waals surface area contributed by atoms with E-state index >= 15 is 0 Å². The van der Waals surface area contributed by atoms with E-state index in [1.165, 1.54) is 0 Å². The first kappa shape index (κ1) is 12.1. The van der Waals surface area contributed by atoms with Gasteiger partial charge in [0.15, 0.2) is 5.69 Å². The molecule has 8 nitrogen and oxygen atoms in total. The maximum absolute atomic E-state index is 12.0. The van der Waals surface area contributed by atoms with E-state index in [1.807, 2.05) is 0 Å². The number of hydrogen-bond acceptors (Lipinski definition) is 5. The highest BCUT2D eigenvalue weighted by atomic mass is 16.4. The smallest absolute Gasteiger partial charge is 0.303 e. The first-order chi connectivity index (χ1) is 9.13. The molecular weight excluding hydrogens is 250 g/mol. The summed E-state index contributed by atoms with van der Waals surface area (Å²) < 4.78 is 1.71. The molecule has 19 heavy (non-hydrogen) atoms. The van der Waals surface area contributed by atoms with Crippen molar-refractivity contribution in [1.82, 2.24) is 25.2 Å². The number of carboxylic acid groups (broad SMARTS) is 1. The minimum atomic E-state index is -0.819. The molecule has 0 saturated carbocycles. The Morgan fingerprint density at radius 1 is 1.42 bits per heavy atom. The van der Waals surface area contributed by atoms with Crippen molar-refractivity contribution in [1.29, 1.82) is 0 Å². The highest BCUT2D eigenvalue weighted by Crippen LogP contribution is 2.21. The number of nitrogens with zero attached hydrogens (tertiary/aromatic N) is 4. The zero-order chi connectivity index (χ0) is 13.4. The normalized spacial score (nSPS) is 19.9. The Bertz CT molecular complexity index is 504. The molecule has 1 amide bonds. The highest BCUT2D eigenvalue weighted by molar-refractivity contribution is 5.92. The molecular formula is C11H15N5O3. The van der Waals surface area contributed by atoms with Crippen molar-refractivity contribution < 1.29 is 14.7 Å². The summed E-state index contributed by atoms with van der Waals surface area (Å²) in [6.45, 7) is 2.68. The van der Waals surface area contributed by atoms with Crippen molar-refractivity contribution in [3.05, 3.63) is 11.9 Å². The van der Waals surface area contributed by atoms with Crippen LogP contribution in [0.25, 0.3) is 0 Å². The Kier molecular flexibility index (Phi) is 2.94. The van der Waals surface area contributed by atoms with Crippen LogP contribution in [0.5, 0.6) is 0 Å². The maximum atomic E-state index is 12.0. The average molecular weight is 265 g/mol. The number of likely N-dealkylation sites (tertiary alicyclic amines) is 1. The molecule has 2 N–H and O–H groups in total. The number of carbonyl (C=O) groups excluding carboxylic acids is 1. The van der Waals surface area contributed by atoms with Gasteiger partial charge in [0.2, 0.25) is 0 Å². The van der Waals surface area contributed by atoms with Crippen molar-refractivity contribution in [3.8, 4) is 0 Å². The third kappa shape index (κ3) is 2.30. The van der Waals surface area contributed by atoms with E-state index in [-0.39, 0.29) is 24.3 Å². The Morgan fingerprint density at radius 2 is 2.16 bits per heavy atom. The monoisotopic (exact) mass is 265 g/mol. The lowest BCUT2D eigenvalue weighted by Crippen LogP contribution is -2.50. The number of aromatic nitrogens is 3. The van der Waals surface area contributed by atoms with Gasteiger partial charge in [-0.1, -0.05) is 5.21 Å². The number of nitrogens with one attached hydrogen (secondary N) is 1. The van der Waals surface area contributed by atoms with Gasteiger partial charge in [-0.25, -0.2) is 4.68 Å². The fourth-order valence-electron chi connectivity index (χ4n) is 2.29. The quantitative estimate of drug-likeness (QED) is 0.722. The summed E-state index contributed by atoms with van der Waals surface area (Å²) >= 11 is 0. The van der Waals surface area contributed by atoms with E-state index in [4.69, 9.17) is 5.11 Å². The highest BCUT2D eigenvalue weighted by Gasteiger charge is 2.34. The predicted molar refractivity (Wildman–Crippen MR) is 63.6 cm³/mol. The summed E-state index contributed by atoms with van der Waals surface area (Å²) in [7, 11) is 0. The lowest BCUT2D eigenvalue weighted by atomic mass is 9.96. The second kappa shape index (κ2) is 4.61. The molecule has 1 aromatic heterocycles. The molecule has 0 spiro atoms. The van der Waals surface area contributed by atoms with Crippen molar-refractivity contribution in [2.45, 2.75) is 12.5 Å². The van der Waals surface area contributed by atoms with Gasteiger partial charge in [-0.2, -0.15) is 0 Å². The number of amides is 1. The molecule has 2 fully saturated rings. The van der Waals surface area contributed by atoms with E-state index in [2.05, 4.69) is 15.6 Å². The maximum Gasteiger partial charge on any atom is 0.303 e. The van der Waals surface area contributed by atoms with E-state index in [1.54, 1.807) is 15.8 Å². The molecule has 0 aromatic carbocycles. The summed E-state index contributed by atoms with van der Waals surface area (Å²) in [6, 6.07) is 0.283. The van der Waals surface area contributed by atoms with Crippen LogP contribution >= 0.6 is 0 Å². The van der Waals surface area contributed by atoms with Gasteiger partial charge >= 0.3 is 5.97 Å². The topological polar surface area (TPSA) is 100 Å². The van der Waals surface area contributed by atoms with Crippen LogP contribution in [-0.4, -0.2) is 63.1 Å². The van der Waals surface area contributed by atoms with Crippen molar-refractivity contribution in [3.63, 3.8) is 0 Å². The van der Waals surface area contributed by atoms with Crippen molar-refractivity contribution in [2.75, 3.05) is 26.2 Å². The van der Waals surface area contributed by atoms with Crippen LogP contribution in [0.3, 0.4) is 0 Å². The third-order valence-electron chi connectivity index (χ3n) is 3.57. The number of hydrogen-bond donors (Lipinski definition) is 2. The van der Waals surface area contributed by atoms with Gasteiger partial charge in [-0.05, 0) is 0 Å². The lowest BCUT2D eigenvalue weighted by Gasteiger charge is -2.37. The fourth-order valence-corrected chi connectivity index (χ4v) is 2.29. The van der Waals surface area contributed by atoms with Crippen LogP contribution in [-0.2, 0) is 4.79 Å². The Morgan fingerprint density at radius 3 is 2.74 bits per heavy atom. The van der Waals surface area contributed by atoms with Gasteiger partial charge in [-0.3, -0.25) is 9.59 Å². The minimum Gasteiger partial charge on any atom is -0.481 e. The van der Waals surface area contributed by atoms with Crippen LogP contribution in [0.4, 0.5) is 0 Å². The van der Waals surface area contributed by atoms with Gasteiger partial charge < -0.3 is 15.3 Å². The van der Waals surface area contributed by atoms with E-state index in [0.717, 1.165) is 13.1 Å². The summed E-state index contributed by atoms with van der Waals surface area (Å²) in [5.74, 6) is -0.923. The number of rotatable bonds is 4. The second-order valence-corrected chi connectivity index (χ2v) is 5.07. The Hall–Kier alpha value is -1.96. The SMILES string of the molecule is O=C(O)CC1CN(C(=O)c2cn(C3CNC3)nn2)C1. The zero-order valence-electron chi connectivity index (χ0n) is 10.3. The van der Waals surface area contributed by atoms with E-state index < -0.39 is 5.97 Å². The fraction of sp³-hybridized carbons (Fsp3) is 0.636. The first-order valence-corrected chi connectivity index (χ1v) is 6.27. The lowest BCUT2D eigenvalue weighted by molar-refractivity contribution is -0.139. The first-order valence-electron chi connectivity index (χ1n) is 6.27. The molecule has 3 heterocycles. The van der Waals surface area contributed by atoms with Crippen LogP contribution < -0.4 is 5.32 Å². The molecule has 3 rings (SSSR count). The second-order valence-electron chi connectivity index (χ2n) is 5.07. The molecule has 0 unspecified atom stereocenters. The van der Waals surface area contributed by atoms with Crippen LogP contribution in [0.15, 0.2) is 6.20 Å².